The molecule has 3 aromatic carbocycles. The molecule has 0 saturated carbocycles. The monoisotopic (exact) mass is 513 g/mol. The predicted octanol–water partition coefficient (Wildman–Crippen LogP) is 5.82. The van der Waals surface area contributed by atoms with Crippen molar-refractivity contribution in [2.45, 2.75) is 25.2 Å². The molecule has 6 rings (SSSR count). The smallest absolute Gasteiger partial charge is 0.336 e. The summed E-state index contributed by atoms with van der Waals surface area (Å²) < 4.78 is 29.1. The van der Waals surface area contributed by atoms with E-state index in [1.165, 1.54) is 18.9 Å². The minimum absolute atomic E-state index is 0.123. The molecule has 0 unspecified atom stereocenters. The molecule has 1 fully saturated rings. The molecule has 2 aliphatic rings. The molecule has 0 amide bonds. The molecule has 0 spiro atoms. The highest BCUT2D eigenvalue weighted by Crippen LogP contribution is 2.47. The Morgan fingerprint density at radius 2 is 1.66 bits per heavy atom. The van der Waals surface area contributed by atoms with E-state index in [4.69, 9.17) is 23.4 Å². The second kappa shape index (κ2) is 10.4. The average Bonchev–Trinajstić information content (AvgIpc) is 3.65. The number of likely N-dealkylation sites (tertiary alicyclic amines) is 1. The largest absolute Gasteiger partial charge is 0.496 e. The molecule has 7 heteroatoms. The third-order valence-corrected chi connectivity index (χ3v) is 7.58. The lowest BCUT2D eigenvalue weighted by molar-refractivity contribution is 0.174. The van der Waals surface area contributed by atoms with E-state index in [0.29, 0.717) is 17.1 Å². The molecule has 3 heterocycles. The van der Waals surface area contributed by atoms with E-state index in [2.05, 4.69) is 11.0 Å². The zero-order chi connectivity index (χ0) is 26.1. The van der Waals surface area contributed by atoms with Crippen molar-refractivity contribution in [1.29, 1.82) is 0 Å². The molecule has 0 bridgehead atoms. The van der Waals surface area contributed by atoms with Crippen LogP contribution in [-0.2, 0) is 0 Å². The van der Waals surface area contributed by atoms with Gasteiger partial charge in [-0.25, -0.2) is 4.79 Å². The number of nitrogens with zero attached hydrogens (tertiary/aromatic N) is 1. The van der Waals surface area contributed by atoms with Gasteiger partial charge in [0.2, 0.25) is 6.79 Å². The molecule has 0 radical (unpaired) electrons. The van der Waals surface area contributed by atoms with E-state index in [0.717, 1.165) is 65.2 Å². The number of rotatable bonds is 8. The van der Waals surface area contributed by atoms with Gasteiger partial charge in [-0.2, -0.15) is 0 Å². The van der Waals surface area contributed by atoms with Crippen LogP contribution in [-0.4, -0.2) is 45.5 Å². The van der Waals surface area contributed by atoms with Gasteiger partial charge in [-0.15, -0.1) is 0 Å². The fourth-order valence-corrected chi connectivity index (χ4v) is 5.74. The molecule has 1 saturated heterocycles. The van der Waals surface area contributed by atoms with E-state index in [9.17, 15) is 4.79 Å². The van der Waals surface area contributed by atoms with Crippen LogP contribution in [0.1, 0.15) is 36.3 Å². The number of benzene rings is 3. The zero-order valence-electron chi connectivity index (χ0n) is 21.7. The predicted molar refractivity (Wildman–Crippen MR) is 146 cm³/mol. The van der Waals surface area contributed by atoms with E-state index < -0.39 is 5.63 Å². The summed E-state index contributed by atoms with van der Waals surface area (Å²) in [6.07, 6.45) is 3.26. The third kappa shape index (κ3) is 4.47. The van der Waals surface area contributed by atoms with Crippen molar-refractivity contribution >= 4 is 11.0 Å². The van der Waals surface area contributed by atoms with E-state index >= 15 is 0 Å². The fourth-order valence-electron chi connectivity index (χ4n) is 5.74. The Kier molecular flexibility index (Phi) is 6.68. The highest BCUT2D eigenvalue weighted by atomic mass is 16.7. The third-order valence-electron chi connectivity index (χ3n) is 7.58. The van der Waals surface area contributed by atoms with Crippen LogP contribution in [0.2, 0.25) is 0 Å². The number of hydrogen-bond acceptors (Lipinski definition) is 7. The lowest BCUT2D eigenvalue weighted by Crippen LogP contribution is -2.22. The van der Waals surface area contributed by atoms with Crippen LogP contribution >= 0.6 is 0 Å². The van der Waals surface area contributed by atoms with Gasteiger partial charge < -0.3 is 28.3 Å². The highest BCUT2D eigenvalue weighted by molar-refractivity contribution is 6.00. The molecular formula is C31H31NO6. The first kappa shape index (κ1) is 24.4. The number of hydrogen-bond donors (Lipinski definition) is 0. The van der Waals surface area contributed by atoms with E-state index in [1.54, 1.807) is 14.2 Å². The van der Waals surface area contributed by atoms with Gasteiger partial charge in [0.15, 0.2) is 11.5 Å². The number of fused-ring (bicyclic) bond motifs is 2. The second-order valence-corrected chi connectivity index (χ2v) is 9.75. The normalized spacial score (nSPS) is 15.6. The van der Waals surface area contributed by atoms with Gasteiger partial charge in [0.25, 0.3) is 0 Å². The summed E-state index contributed by atoms with van der Waals surface area (Å²) in [5.41, 5.74) is 3.62. The van der Waals surface area contributed by atoms with Crippen LogP contribution in [0.5, 0.6) is 23.0 Å². The average molecular weight is 514 g/mol. The maximum atomic E-state index is 13.0. The standard InChI is InChI=1S/C31H31NO6/c1-34-26-18-27(35-2)30-23(20-8-4-3-5-9-20)17-28(33)38-31(30)29(26)22(12-15-32-13-6-7-14-32)21-10-11-24-25(16-21)37-19-36-24/h3-5,8-11,16-18,22H,6-7,12-15,19H2,1-2H3/t22-/m1/s1. The van der Waals surface area contributed by atoms with Crippen molar-refractivity contribution in [1.82, 2.24) is 4.90 Å². The topological polar surface area (TPSA) is 70.4 Å². The Balaban J connectivity index is 1.59. The molecule has 1 aromatic heterocycles. The fraction of sp³-hybridized carbons (Fsp3) is 0.323. The number of methoxy groups -OCH3 is 2. The van der Waals surface area contributed by atoms with Crippen molar-refractivity contribution in [3.8, 4) is 34.1 Å². The molecule has 2 aliphatic heterocycles. The SMILES string of the molecule is COc1cc(OC)c2c(-c3ccccc3)cc(=O)oc2c1[C@H](CCN1CCCC1)c1ccc2c(c1)OCO2. The Hall–Kier alpha value is -3.97. The maximum Gasteiger partial charge on any atom is 0.336 e. The van der Waals surface area contributed by atoms with Crippen LogP contribution in [0, 0.1) is 0 Å². The van der Waals surface area contributed by atoms with Gasteiger partial charge in [-0.05, 0) is 62.2 Å². The summed E-state index contributed by atoms with van der Waals surface area (Å²) in [5.74, 6) is 2.54. The molecule has 0 N–H and O–H groups in total. The maximum absolute atomic E-state index is 13.0. The van der Waals surface area contributed by atoms with Gasteiger partial charge in [0, 0.05) is 29.2 Å². The minimum Gasteiger partial charge on any atom is -0.496 e. The summed E-state index contributed by atoms with van der Waals surface area (Å²) in [5, 5.41) is 0.751. The Labute approximate surface area is 221 Å². The first-order chi connectivity index (χ1) is 18.7. The van der Waals surface area contributed by atoms with Crippen molar-refractivity contribution in [3.63, 3.8) is 0 Å². The molecule has 38 heavy (non-hydrogen) atoms. The molecule has 196 valence electrons. The summed E-state index contributed by atoms with van der Waals surface area (Å²) in [7, 11) is 3.26. The Bertz CT molecular complexity index is 1510. The summed E-state index contributed by atoms with van der Waals surface area (Å²) >= 11 is 0. The van der Waals surface area contributed by atoms with Gasteiger partial charge in [-0.1, -0.05) is 36.4 Å². The van der Waals surface area contributed by atoms with Crippen LogP contribution in [0.25, 0.3) is 22.1 Å². The van der Waals surface area contributed by atoms with Crippen LogP contribution in [0.3, 0.4) is 0 Å². The molecule has 0 aliphatic carbocycles. The second-order valence-electron chi connectivity index (χ2n) is 9.75. The summed E-state index contributed by atoms with van der Waals surface area (Å²) in [6, 6.07) is 19.3. The lowest BCUT2D eigenvalue weighted by Gasteiger charge is -2.25. The Morgan fingerprint density at radius 3 is 2.42 bits per heavy atom. The van der Waals surface area contributed by atoms with Crippen LogP contribution in [0.4, 0.5) is 0 Å². The van der Waals surface area contributed by atoms with E-state index in [1.807, 2.05) is 48.5 Å². The Morgan fingerprint density at radius 1 is 0.895 bits per heavy atom. The molecule has 1 atom stereocenters. The summed E-state index contributed by atoms with van der Waals surface area (Å²) in [4.78, 5) is 15.5. The van der Waals surface area contributed by atoms with Crippen LogP contribution in [0.15, 0.2) is 69.9 Å². The van der Waals surface area contributed by atoms with Gasteiger partial charge in [0.05, 0.1) is 19.6 Å². The van der Waals surface area contributed by atoms with Gasteiger partial charge >= 0.3 is 5.63 Å². The first-order valence-corrected chi connectivity index (χ1v) is 13.1. The molecular weight excluding hydrogens is 482 g/mol. The van der Waals surface area contributed by atoms with Crippen molar-refractivity contribution in [2.24, 2.45) is 0 Å². The van der Waals surface area contributed by atoms with Gasteiger partial charge in [-0.3, -0.25) is 0 Å². The lowest BCUT2D eigenvalue weighted by atomic mass is 9.85. The minimum atomic E-state index is -0.420. The quantitative estimate of drug-likeness (QED) is 0.275. The molecule has 4 aromatic rings. The van der Waals surface area contributed by atoms with E-state index in [-0.39, 0.29) is 12.7 Å². The van der Waals surface area contributed by atoms with Crippen LogP contribution < -0.4 is 24.6 Å². The van der Waals surface area contributed by atoms with Crippen molar-refractivity contribution in [3.05, 3.63) is 82.2 Å². The van der Waals surface area contributed by atoms with Crippen molar-refractivity contribution in [2.75, 3.05) is 40.6 Å². The molecule has 7 nitrogen and oxygen atoms in total. The van der Waals surface area contributed by atoms with Crippen molar-refractivity contribution < 1.29 is 23.4 Å². The number of ether oxygens (including phenoxy) is 4. The van der Waals surface area contributed by atoms with Gasteiger partial charge in [0.1, 0.15) is 17.1 Å². The summed E-state index contributed by atoms with van der Waals surface area (Å²) in [6.45, 7) is 3.32. The highest BCUT2D eigenvalue weighted by Gasteiger charge is 2.29. The zero-order valence-corrected chi connectivity index (χ0v) is 21.7. The first-order valence-electron chi connectivity index (χ1n) is 13.1.